The average Bonchev–Trinajstić information content (AvgIpc) is 3.27. The molecule has 0 aliphatic rings. The Morgan fingerprint density at radius 2 is 1.97 bits per heavy atom. The number of rotatable bonds is 8. The summed E-state index contributed by atoms with van der Waals surface area (Å²) in [5, 5.41) is 11.4. The smallest absolute Gasteiger partial charge is 0.295 e. The summed E-state index contributed by atoms with van der Waals surface area (Å²) in [6.07, 6.45) is 1.26. The molecule has 0 amide bonds. The summed E-state index contributed by atoms with van der Waals surface area (Å²) < 4.78 is 49.2. The van der Waals surface area contributed by atoms with E-state index in [1.54, 1.807) is 0 Å². The fraction of sp³-hybridized carbons (Fsp3) is 0.375. The molecule has 0 fully saturated rings. The van der Waals surface area contributed by atoms with Crippen molar-refractivity contribution in [3.63, 3.8) is 0 Å². The zero-order chi connectivity index (χ0) is 21.2. The van der Waals surface area contributed by atoms with Gasteiger partial charge in [-0.2, -0.15) is 0 Å². The number of nitrogens with zero attached hydrogens (tertiary/aromatic N) is 5. The standard InChI is InChI=1S/C16H17BrFN5O5S/c1-22(2)29(25,26)8-4-3-5-13-14(20-28-19-13)15-21-27-16(24)23(15)10-6-7-12(18)11(17)9-10/h6-7,9H,3-5,8H2,1-2H3. The van der Waals surface area contributed by atoms with Gasteiger partial charge in [0.05, 0.1) is 15.9 Å². The van der Waals surface area contributed by atoms with Crippen LogP contribution < -0.4 is 5.76 Å². The number of halogens is 2. The Kier molecular flexibility index (Phi) is 6.29. The minimum atomic E-state index is -3.28. The van der Waals surface area contributed by atoms with E-state index in [1.807, 2.05) is 0 Å². The van der Waals surface area contributed by atoms with Crippen molar-refractivity contribution in [2.75, 3.05) is 19.8 Å². The minimum Gasteiger partial charge on any atom is -0.295 e. The Bertz CT molecular complexity index is 1170. The highest BCUT2D eigenvalue weighted by Gasteiger charge is 2.23. The third-order valence-corrected chi connectivity index (χ3v) is 6.68. The quantitative estimate of drug-likeness (QED) is 0.439. The van der Waals surface area contributed by atoms with E-state index in [-0.39, 0.29) is 21.7 Å². The lowest BCUT2D eigenvalue weighted by Crippen LogP contribution is -2.25. The zero-order valence-electron chi connectivity index (χ0n) is 15.5. The van der Waals surface area contributed by atoms with Crippen LogP contribution in [-0.4, -0.2) is 52.6 Å². The second kappa shape index (κ2) is 8.55. The van der Waals surface area contributed by atoms with Crippen LogP contribution in [0.15, 0.2) is 36.6 Å². The molecule has 0 saturated heterocycles. The molecule has 0 radical (unpaired) electrons. The van der Waals surface area contributed by atoms with E-state index in [9.17, 15) is 17.6 Å². The van der Waals surface area contributed by atoms with Gasteiger partial charge in [0.15, 0.2) is 5.69 Å². The summed E-state index contributed by atoms with van der Waals surface area (Å²) in [5.41, 5.74) is 0.896. The first-order chi connectivity index (χ1) is 13.7. The fourth-order valence-electron chi connectivity index (χ4n) is 2.55. The van der Waals surface area contributed by atoms with Gasteiger partial charge in [0.25, 0.3) is 0 Å². The second-order valence-electron chi connectivity index (χ2n) is 6.32. The second-order valence-corrected chi connectivity index (χ2v) is 9.48. The van der Waals surface area contributed by atoms with Crippen LogP contribution in [0.5, 0.6) is 0 Å². The van der Waals surface area contributed by atoms with Crippen molar-refractivity contribution in [2.24, 2.45) is 0 Å². The molecule has 1 aromatic carbocycles. The number of benzene rings is 1. The molecule has 2 heterocycles. The van der Waals surface area contributed by atoms with Crippen LogP contribution in [0.2, 0.25) is 0 Å². The van der Waals surface area contributed by atoms with Crippen LogP contribution in [0.4, 0.5) is 4.39 Å². The third kappa shape index (κ3) is 4.62. The van der Waals surface area contributed by atoms with Gasteiger partial charge < -0.3 is 0 Å². The lowest BCUT2D eigenvalue weighted by atomic mass is 10.1. The highest BCUT2D eigenvalue weighted by molar-refractivity contribution is 9.10. The molecule has 3 rings (SSSR count). The number of unbranched alkanes of at least 4 members (excludes halogenated alkanes) is 1. The summed E-state index contributed by atoms with van der Waals surface area (Å²) in [4.78, 5) is 12.2. The van der Waals surface area contributed by atoms with Gasteiger partial charge in [-0.05, 0) is 58.5 Å². The largest absolute Gasteiger partial charge is 0.446 e. The molecule has 10 nitrogen and oxygen atoms in total. The highest BCUT2D eigenvalue weighted by Crippen LogP contribution is 2.24. The first kappa shape index (κ1) is 21.3. The normalized spacial score (nSPS) is 12.0. The van der Waals surface area contributed by atoms with Gasteiger partial charge in [0.2, 0.25) is 15.8 Å². The molecule has 0 atom stereocenters. The summed E-state index contributed by atoms with van der Waals surface area (Å²) >= 11 is 3.07. The van der Waals surface area contributed by atoms with Crippen LogP contribution in [-0.2, 0) is 16.4 Å². The van der Waals surface area contributed by atoms with Crippen molar-refractivity contribution >= 4 is 26.0 Å². The van der Waals surface area contributed by atoms with E-state index in [2.05, 4.69) is 31.4 Å². The Balaban J connectivity index is 1.83. The van der Waals surface area contributed by atoms with E-state index in [0.29, 0.717) is 30.6 Å². The van der Waals surface area contributed by atoms with Gasteiger partial charge in [-0.25, -0.2) is 31.1 Å². The molecule has 0 saturated carbocycles. The van der Waals surface area contributed by atoms with Crippen LogP contribution in [0.25, 0.3) is 17.2 Å². The van der Waals surface area contributed by atoms with Crippen LogP contribution >= 0.6 is 15.9 Å². The summed E-state index contributed by atoms with van der Waals surface area (Å²) in [7, 11) is -0.325. The average molecular weight is 490 g/mol. The maximum absolute atomic E-state index is 13.5. The van der Waals surface area contributed by atoms with Crippen LogP contribution in [0.3, 0.4) is 0 Å². The molecular weight excluding hydrogens is 473 g/mol. The van der Waals surface area contributed by atoms with Gasteiger partial charge in [-0.15, -0.1) is 0 Å². The first-order valence-electron chi connectivity index (χ1n) is 8.47. The Morgan fingerprint density at radius 3 is 2.66 bits per heavy atom. The predicted molar refractivity (Wildman–Crippen MR) is 103 cm³/mol. The molecule has 0 bridgehead atoms. The molecule has 0 aliphatic heterocycles. The molecule has 3 aromatic rings. The molecule has 29 heavy (non-hydrogen) atoms. The fourth-order valence-corrected chi connectivity index (χ4v) is 3.85. The molecule has 0 aliphatic carbocycles. The molecule has 0 spiro atoms. The van der Waals surface area contributed by atoms with E-state index in [0.717, 1.165) is 4.57 Å². The van der Waals surface area contributed by atoms with Crippen LogP contribution in [0, 0.1) is 5.82 Å². The van der Waals surface area contributed by atoms with E-state index >= 15 is 0 Å². The van der Waals surface area contributed by atoms with Crippen molar-refractivity contribution in [3.05, 3.63) is 44.7 Å². The lowest BCUT2D eigenvalue weighted by Gasteiger charge is -2.10. The Morgan fingerprint density at radius 1 is 1.21 bits per heavy atom. The van der Waals surface area contributed by atoms with Gasteiger partial charge in [0, 0.05) is 14.1 Å². The van der Waals surface area contributed by atoms with E-state index in [4.69, 9.17) is 9.15 Å². The summed E-state index contributed by atoms with van der Waals surface area (Å²) in [5.74, 6) is -1.23. The Hall–Kier alpha value is -2.38. The van der Waals surface area contributed by atoms with Gasteiger partial charge in [-0.3, -0.25) is 4.52 Å². The zero-order valence-corrected chi connectivity index (χ0v) is 17.9. The highest BCUT2D eigenvalue weighted by atomic mass is 79.9. The van der Waals surface area contributed by atoms with E-state index in [1.165, 1.54) is 36.6 Å². The first-order valence-corrected chi connectivity index (χ1v) is 10.9. The number of sulfonamides is 1. The van der Waals surface area contributed by atoms with E-state index < -0.39 is 21.6 Å². The number of hydrogen-bond acceptors (Lipinski definition) is 8. The molecular formula is C16H17BrFN5O5S. The Labute approximate surface area is 173 Å². The van der Waals surface area contributed by atoms with Crippen molar-refractivity contribution in [2.45, 2.75) is 19.3 Å². The predicted octanol–water partition coefficient (Wildman–Crippen LogP) is 1.99. The van der Waals surface area contributed by atoms with Gasteiger partial charge >= 0.3 is 5.76 Å². The van der Waals surface area contributed by atoms with Crippen molar-refractivity contribution in [3.8, 4) is 17.2 Å². The molecule has 2 aromatic heterocycles. The lowest BCUT2D eigenvalue weighted by molar-refractivity contribution is 0.303. The maximum Gasteiger partial charge on any atom is 0.446 e. The summed E-state index contributed by atoms with van der Waals surface area (Å²) in [6, 6.07) is 3.98. The minimum absolute atomic E-state index is 0.00110. The third-order valence-electron chi connectivity index (χ3n) is 4.16. The molecule has 156 valence electrons. The number of aryl methyl sites for hydroxylation is 1. The maximum atomic E-state index is 13.5. The monoisotopic (exact) mass is 489 g/mol. The van der Waals surface area contributed by atoms with Gasteiger partial charge in [0.1, 0.15) is 11.5 Å². The molecule has 0 N–H and O–H groups in total. The molecule has 13 heteroatoms. The number of aromatic nitrogens is 4. The van der Waals surface area contributed by atoms with Crippen LogP contribution in [0.1, 0.15) is 18.5 Å². The molecule has 0 unspecified atom stereocenters. The SMILES string of the molecule is CN(C)S(=O)(=O)CCCCc1nonc1-c1noc(=O)n1-c1ccc(F)c(Br)c1. The number of hydrogen-bond donors (Lipinski definition) is 0. The van der Waals surface area contributed by atoms with Crippen molar-refractivity contribution in [1.82, 2.24) is 24.3 Å². The van der Waals surface area contributed by atoms with Gasteiger partial charge in [-0.1, -0.05) is 10.3 Å². The van der Waals surface area contributed by atoms with Crippen molar-refractivity contribution in [1.29, 1.82) is 0 Å². The summed E-state index contributed by atoms with van der Waals surface area (Å²) in [6.45, 7) is 0. The topological polar surface area (TPSA) is 124 Å². The van der Waals surface area contributed by atoms with Crippen molar-refractivity contribution < 1.29 is 22.0 Å².